The van der Waals surface area contributed by atoms with Gasteiger partial charge >= 0.3 is 0 Å². The Morgan fingerprint density at radius 2 is 1.95 bits per heavy atom. The third-order valence-corrected chi connectivity index (χ3v) is 4.93. The molecule has 0 aliphatic carbocycles. The van der Waals surface area contributed by atoms with Crippen LogP contribution in [0.3, 0.4) is 0 Å². The van der Waals surface area contributed by atoms with Crippen LogP contribution in [-0.2, 0) is 4.79 Å². The highest BCUT2D eigenvalue weighted by Gasteiger charge is 2.28. The molecule has 0 aromatic rings. The Morgan fingerprint density at radius 3 is 2.48 bits per heavy atom. The number of likely N-dealkylation sites (tertiary alicyclic amines) is 1. The molecule has 0 aromatic heterocycles. The van der Waals surface area contributed by atoms with Crippen molar-refractivity contribution in [2.45, 2.75) is 58.9 Å². The standard InChI is InChI=1S/C17H35N3O/c1-5-7-10-19(4)13-15-8-11-20(12-9-15)17(21)16(18)14(3)6-2/h14-16H,5-13,18H2,1-4H3. The minimum atomic E-state index is -0.321. The molecular formula is C17H35N3O. The summed E-state index contributed by atoms with van der Waals surface area (Å²) in [5.41, 5.74) is 6.07. The van der Waals surface area contributed by atoms with Gasteiger partial charge in [0.1, 0.15) is 0 Å². The first-order valence-corrected chi connectivity index (χ1v) is 8.72. The van der Waals surface area contributed by atoms with Gasteiger partial charge in [-0.05, 0) is 44.7 Å². The second-order valence-electron chi connectivity index (χ2n) is 6.80. The van der Waals surface area contributed by atoms with Crippen LogP contribution in [-0.4, -0.2) is 55.0 Å². The number of rotatable bonds is 8. The van der Waals surface area contributed by atoms with Gasteiger partial charge in [0.15, 0.2) is 0 Å². The molecule has 4 heteroatoms. The van der Waals surface area contributed by atoms with Gasteiger partial charge in [-0.2, -0.15) is 0 Å². The van der Waals surface area contributed by atoms with E-state index in [0.717, 1.165) is 38.3 Å². The van der Waals surface area contributed by atoms with Gasteiger partial charge < -0.3 is 15.5 Å². The van der Waals surface area contributed by atoms with Crippen molar-refractivity contribution in [3.05, 3.63) is 0 Å². The molecule has 1 heterocycles. The van der Waals surface area contributed by atoms with Crippen molar-refractivity contribution in [2.75, 3.05) is 33.2 Å². The van der Waals surface area contributed by atoms with Crippen LogP contribution in [0.15, 0.2) is 0 Å². The van der Waals surface area contributed by atoms with E-state index < -0.39 is 0 Å². The van der Waals surface area contributed by atoms with Crippen LogP contribution in [0.4, 0.5) is 0 Å². The first-order chi connectivity index (χ1) is 9.99. The third-order valence-electron chi connectivity index (χ3n) is 4.93. The zero-order valence-electron chi connectivity index (χ0n) is 14.5. The first-order valence-electron chi connectivity index (χ1n) is 8.72. The summed E-state index contributed by atoms with van der Waals surface area (Å²) < 4.78 is 0. The van der Waals surface area contributed by atoms with Crippen LogP contribution < -0.4 is 5.73 Å². The molecule has 1 aliphatic heterocycles. The fourth-order valence-electron chi connectivity index (χ4n) is 3.00. The molecule has 1 amide bonds. The number of amides is 1. The summed E-state index contributed by atoms with van der Waals surface area (Å²) in [7, 11) is 2.21. The van der Waals surface area contributed by atoms with Gasteiger partial charge in [-0.15, -0.1) is 0 Å². The van der Waals surface area contributed by atoms with Gasteiger partial charge in [0.05, 0.1) is 6.04 Å². The summed E-state index contributed by atoms with van der Waals surface area (Å²) in [5, 5.41) is 0. The van der Waals surface area contributed by atoms with Gasteiger partial charge in [0, 0.05) is 19.6 Å². The SMILES string of the molecule is CCCCN(C)CC1CCN(C(=O)C(N)C(C)CC)CC1. The highest BCUT2D eigenvalue weighted by Crippen LogP contribution is 2.20. The lowest BCUT2D eigenvalue weighted by atomic mass is 9.93. The largest absolute Gasteiger partial charge is 0.341 e. The lowest BCUT2D eigenvalue weighted by Gasteiger charge is -2.36. The highest BCUT2D eigenvalue weighted by molar-refractivity contribution is 5.82. The lowest BCUT2D eigenvalue weighted by Crippen LogP contribution is -2.50. The molecule has 1 aliphatic rings. The molecule has 2 atom stereocenters. The van der Waals surface area contributed by atoms with E-state index in [9.17, 15) is 4.79 Å². The van der Waals surface area contributed by atoms with Crippen molar-refractivity contribution >= 4 is 5.91 Å². The molecule has 21 heavy (non-hydrogen) atoms. The highest BCUT2D eigenvalue weighted by atomic mass is 16.2. The fraction of sp³-hybridized carbons (Fsp3) is 0.941. The molecule has 124 valence electrons. The van der Waals surface area contributed by atoms with Crippen molar-refractivity contribution < 1.29 is 4.79 Å². The van der Waals surface area contributed by atoms with Crippen molar-refractivity contribution in [2.24, 2.45) is 17.6 Å². The average molecular weight is 297 g/mol. The second-order valence-corrected chi connectivity index (χ2v) is 6.80. The maximum atomic E-state index is 12.4. The van der Waals surface area contributed by atoms with Gasteiger partial charge in [-0.25, -0.2) is 0 Å². The van der Waals surface area contributed by atoms with E-state index in [1.165, 1.54) is 25.9 Å². The quantitative estimate of drug-likeness (QED) is 0.748. The van der Waals surface area contributed by atoms with Crippen LogP contribution in [0.1, 0.15) is 52.9 Å². The maximum Gasteiger partial charge on any atom is 0.239 e. The third kappa shape index (κ3) is 5.95. The van der Waals surface area contributed by atoms with E-state index in [-0.39, 0.29) is 17.9 Å². The Labute approximate surface area is 131 Å². The zero-order chi connectivity index (χ0) is 15.8. The number of nitrogens with zero attached hydrogens (tertiary/aromatic N) is 2. The molecule has 0 spiro atoms. The van der Waals surface area contributed by atoms with Crippen LogP contribution >= 0.6 is 0 Å². The molecule has 1 saturated heterocycles. The minimum absolute atomic E-state index is 0.155. The van der Waals surface area contributed by atoms with Crippen molar-refractivity contribution in [1.29, 1.82) is 0 Å². The Balaban J connectivity index is 2.33. The number of carbonyl (C=O) groups excluding carboxylic acids is 1. The molecule has 0 radical (unpaired) electrons. The van der Waals surface area contributed by atoms with Gasteiger partial charge in [-0.3, -0.25) is 4.79 Å². The van der Waals surface area contributed by atoms with E-state index in [2.05, 4.69) is 32.7 Å². The Kier molecular flexibility index (Phi) is 8.27. The van der Waals surface area contributed by atoms with E-state index in [1.54, 1.807) is 0 Å². The van der Waals surface area contributed by atoms with E-state index in [0.29, 0.717) is 0 Å². The van der Waals surface area contributed by atoms with Gasteiger partial charge in [-0.1, -0.05) is 33.6 Å². The van der Waals surface area contributed by atoms with Gasteiger partial charge in [0.2, 0.25) is 5.91 Å². The summed E-state index contributed by atoms with van der Waals surface area (Å²) in [4.78, 5) is 16.8. The summed E-state index contributed by atoms with van der Waals surface area (Å²) in [6.07, 6.45) is 5.73. The van der Waals surface area contributed by atoms with Crippen LogP contribution in [0, 0.1) is 11.8 Å². The molecule has 1 fully saturated rings. The number of hydrogen-bond donors (Lipinski definition) is 1. The summed E-state index contributed by atoms with van der Waals surface area (Å²) in [6.45, 7) is 10.5. The van der Waals surface area contributed by atoms with Crippen LogP contribution in [0.25, 0.3) is 0 Å². The summed E-state index contributed by atoms with van der Waals surface area (Å²) >= 11 is 0. The Hall–Kier alpha value is -0.610. The smallest absolute Gasteiger partial charge is 0.239 e. The summed E-state index contributed by atoms with van der Waals surface area (Å²) in [5.74, 6) is 1.16. The van der Waals surface area contributed by atoms with Gasteiger partial charge in [0.25, 0.3) is 0 Å². The zero-order valence-corrected chi connectivity index (χ0v) is 14.5. The second kappa shape index (κ2) is 9.42. The molecule has 0 bridgehead atoms. The average Bonchev–Trinajstić information content (AvgIpc) is 2.51. The number of carbonyl (C=O) groups is 1. The van der Waals surface area contributed by atoms with E-state index in [1.807, 2.05) is 4.90 Å². The van der Waals surface area contributed by atoms with Crippen LogP contribution in [0.2, 0.25) is 0 Å². The molecule has 0 aromatic carbocycles. The Bertz CT molecular complexity index is 300. The molecule has 2 N–H and O–H groups in total. The molecule has 2 unspecified atom stereocenters. The normalized spacial score (nSPS) is 19.8. The number of hydrogen-bond acceptors (Lipinski definition) is 3. The molecule has 1 rings (SSSR count). The number of nitrogens with two attached hydrogens (primary N) is 1. The van der Waals surface area contributed by atoms with Crippen molar-refractivity contribution in [1.82, 2.24) is 9.80 Å². The van der Waals surface area contributed by atoms with Crippen LogP contribution in [0.5, 0.6) is 0 Å². The van der Waals surface area contributed by atoms with E-state index in [4.69, 9.17) is 5.73 Å². The van der Waals surface area contributed by atoms with Crippen molar-refractivity contribution in [3.63, 3.8) is 0 Å². The predicted octanol–water partition coefficient (Wildman–Crippen LogP) is 2.33. The van der Waals surface area contributed by atoms with Crippen molar-refractivity contribution in [3.8, 4) is 0 Å². The molecular weight excluding hydrogens is 262 g/mol. The predicted molar refractivity (Wildman–Crippen MR) is 89.1 cm³/mol. The first kappa shape index (κ1) is 18.4. The maximum absolute atomic E-state index is 12.4. The Morgan fingerprint density at radius 1 is 1.33 bits per heavy atom. The van der Waals surface area contributed by atoms with E-state index >= 15 is 0 Å². The number of unbranched alkanes of at least 4 members (excludes halogenated alkanes) is 1. The number of piperidine rings is 1. The fourth-order valence-corrected chi connectivity index (χ4v) is 3.00. The summed E-state index contributed by atoms with van der Waals surface area (Å²) in [6, 6.07) is -0.321. The molecule has 4 nitrogen and oxygen atoms in total. The monoisotopic (exact) mass is 297 g/mol. The topological polar surface area (TPSA) is 49.6 Å². The molecule has 0 saturated carbocycles. The lowest BCUT2D eigenvalue weighted by molar-refractivity contribution is -0.135. The minimum Gasteiger partial charge on any atom is -0.341 e.